The summed E-state index contributed by atoms with van der Waals surface area (Å²) < 4.78 is 0. The molecule has 7 nitrogen and oxygen atoms in total. The van der Waals surface area contributed by atoms with Crippen molar-refractivity contribution >= 4 is 17.2 Å². The molecule has 2 aliphatic rings. The first-order chi connectivity index (χ1) is 11.5. The second kappa shape index (κ2) is 5.93. The fraction of sp³-hybridized carbons (Fsp3) is 0.625. The molecular formula is C16H22N6OS. The van der Waals surface area contributed by atoms with Gasteiger partial charge in [0.05, 0.1) is 6.54 Å². The minimum absolute atomic E-state index is 0.0135. The molecule has 0 bridgehead atoms. The van der Waals surface area contributed by atoms with Crippen LogP contribution in [0.2, 0.25) is 0 Å². The van der Waals surface area contributed by atoms with Crippen molar-refractivity contribution < 1.29 is 4.79 Å². The zero-order valence-corrected chi connectivity index (χ0v) is 14.8. The van der Waals surface area contributed by atoms with E-state index >= 15 is 0 Å². The molecule has 1 saturated heterocycles. The molecular weight excluding hydrogens is 324 g/mol. The summed E-state index contributed by atoms with van der Waals surface area (Å²) >= 11 is 1.62. The molecule has 128 valence electrons. The largest absolute Gasteiger partial charge is 0.343 e. The Morgan fingerprint density at radius 1 is 1.50 bits per heavy atom. The molecule has 2 aromatic heterocycles. The molecule has 1 aliphatic carbocycles. The van der Waals surface area contributed by atoms with Gasteiger partial charge in [-0.25, -0.2) is 9.97 Å². The van der Waals surface area contributed by atoms with Crippen LogP contribution in [0.15, 0.2) is 5.38 Å². The molecule has 1 saturated carbocycles. The highest BCUT2D eigenvalue weighted by Crippen LogP contribution is 2.38. The number of hydrogen-bond donors (Lipinski definition) is 2. The molecule has 1 amide bonds. The highest BCUT2D eigenvalue weighted by Gasteiger charge is 2.43. The predicted octanol–water partition coefficient (Wildman–Crippen LogP) is 1.68. The number of rotatable bonds is 5. The molecule has 0 aromatic carbocycles. The van der Waals surface area contributed by atoms with E-state index in [2.05, 4.69) is 30.4 Å². The topological polar surface area (TPSA) is 86.8 Å². The second-order valence-electron chi connectivity index (χ2n) is 6.93. The van der Waals surface area contributed by atoms with Gasteiger partial charge in [-0.3, -0.25) is 14.8 Å². The first kappa shape index (κ1) is 15.7. The van der Waals surface area contributed by atoms with Crippen molar-refractivity contribution in [1.82, 2.24) is 30.4 Å². The van der Waals surface area contributed by atoms with Crippen LogP contribution >= 0.6 is 11.3 Å². The lowest BCUT2D eigenvalue weighted by atomic mass is 9.99. The summed E-state index contributed by atoms with van der Waals surface area (Å²) in [5.74, 6) is 2.41. The van der Waals surface area contributed by atoms with Gasteiger partial charge in [0.2, 0.25) is 5.91 Å². The highest BCUT2D eigenvalue weighted by molar-refractivity contribution is 7.09. The second-order valence-corrected chi connectivity index (χ2v) is 7.79. The molecule has 1 atom stereocenters. The lowest BCUT2D eigenvalue weighted by Crippen LogP contribution is -2.47. The average molecular weight is 346 g/mol. The number of nitrogens with one attached hydrogen (secondary N) is 2. The van der Waals surface area contributed by atoms with E-state index in [0.717, 1.165) is 48.4 Å². The summed E-state index contributed by atoms with van der Waals surface area (Å²) in [5.41, 5.74) is 0.617. The van der Waals surface area contributed by atoms with Gasteiger partial charge in [-0.1, -0.05) is 0 Å². The molecule has 8 heteroatoms. The fourth-order valence-corrected chi connectivity index (χ4v) is 4.36. The Labute approximate surface area is 144 Å². The number of amides is 1. The predicted molar refractivity (Wildman–Crippen MR) is 90.6 cm³/mol. The maximum atomic E-state index is 11.8. The third kappa shape index (κ3) is 3.08. The van der Waals surface area contributed by atoms with E-state index in [1.54, 1.807) is 18.3 Å². The van der Waals surface area contributed by atoms with Crippen LogP contribution in [0.5, 0.6) is 0 Å². The van der Waals surface area contributed by atoms with E-state index in [-0.39, 0.29) is 11.4 Å². The van der Waals surface area contributed by atoms with Gasteiger partial charge in [0.25, 0.3) is 0 Å². The number of nitrogens with zero attached hydrogens (tertiary/aromatic N) is 4. The van der Waals surface area contributed by atoms with Gasteiger partial charge < -0.3 is 5.32 Å². The summed E-state index contributed by atoms with van der Waals surface area (Å²) in [6.07, 6.45) is 3.27. The Hall–Kier alpha value is -1.80. The Morgan fingerprint density at radius 2 is 2.33 bits per heavy atom. The van der Waals surface area contributed by atoms with E-state index in [1.165, 1.54) is 12.8 Å². The van der Waals surface area contributed by atoms with Crippen molar-refractivity contribution in [3.05, 3.63) is 27.7 Å². The molecule has 2 fully saturated rings. The van der Waals surface area contributed by atoms with Gasteiger partial charge in [0.15, 0.2) is 5.82 Å². The summed E-state index contributed by atoms with van der Waals surface area (Å²) in [4.78, 5) is 23.3. The summed E-state index contributed by atoms with van der Waals surface area (Å²) in [6, 6.07) is 0. The first-order valence-corrected chi connectivity index (χ1v) is 9.27. The number of H-pyrrole nitrogens is 1. The average Bonchev–Trinajstić information content (AvgIpc) is 2.93. The lowest BCUT2D eigenvalue weighted by molar-refractivity contribution is -0.120. The molecule has 0 radical (unpaired) electrons. The lowest BCUT2D eigenvalue weighted by Gasteiger charge is -2.28. The number of aromatic nitrogens is 4. The Morgan fingerprint density at radius 3 is 3.00 bits per heavy atom. The smallest absolute Gasteiger partial charge is 0.217 e. The number of aryl methyl sites for hydroxylation is 1. The van der Waals surface area contributed by atoms with Crippen LogP contribution < -0.4 is 5.32 Å². The SMILES string of the molecule is CC(=O)NC1(c2nc(C)cs2)CCN(Cc2nc(C3CC3)n[nH]2)C1. The molecule has 0 spiro atoms. The number of hydrogen-bond acceptors (Lipinski definition) is 6. The zero-order chi connectivity index (χ0) is 16.7. The van der Waals surface area contributed by atoms with Crippen LogP contribution in [-0.4, -0.2) is 44.1 Å². The Kier molecular flexibility index (Phi) is 3.88. The van der Waals surface area contributed by atoms with Gasteiger partial charge in [0, 0.05) is 37.0 Å². The molecule has 1 aliphatic heterocycles. The number of likely N-dealkylation sites (tertiary alicyclic amines) is 1. The van der Waals surface area contributed by atoms with Gasteiger partial charge in [-0.2, -0.15) is 5.10 Å². The summed E-state index contributed by atoms with van der Waals surface area (Å²) in [7, 11) is 0. The van der Waals surface area contributed by atoms with E-state index in [0.29, 0.717) is 5.92 Å². The van der Waals surface area contributed by atoms with Gasteiger partial charge in [-0.05, 0) is 26.2 Å². The van der Waals surface area contributed by atoms with Gasteiger partial charge in [-0.15, -0.1) is 11.3 Å². The third-order valence-corrected chi connectivity index (χ3v) is 5.82. The van der Waals surface area contributed by atoms with Crippen LogP contribution in [-0.2, 0) is 16.9 Å². The minimum atomic E-state index is -0.385. The maximum absolute atomic E-state index is 11.8. The van der Waals surface area contributed by atoms with Crippen molar-refractivity contribution in [2.24, 2.45) is 0 Å². The van der Waals surface area contributed by atoms with Crippen LogP contribution in [0.3, 0.4) is 0 Å². The number of aromatic amines is 1. The minimum Gasteiger partial charge on any atom is -0.343 e. The monoisotopic (exact) mass is 346 g/mol. The quantitative estimate of drug-likeness (QED) is 0.860. The van der Waals surface area contributed by atoms with Gasteiger partial charge in [0.1, 0.15) is 16.4 Å². The first-order valence-electron chi connectivity index (χ1n) is 8.39. The molecule has 2 aromatic rings. The molecule has 2 N–H and O–H groups in total. The maximum Gasteiger partial charge on any atom is 0.217 e. The van der Waals surface area contributed by atoms with Crippen molar-refractivity contribution in [2.45, 2.75) is 51.1 Å². The van der Waals surface area contributed by atoms with Crippen molar-refractivity contribution in [2.75, 3.05) is 13.1 Å². The Balaban J connectivity index is 1.49. The third-order valence-electron chi connectivity index (χ3n) is 4.66. The van der Waals surface area contributed by atoms with E-state index in [9.17, 15) is 4.79 Å². The number of carbonyl (C=O) groups is 1. The normalized spacial score (nSPS) is 24.4. The fourth-order valence-electron chi connectivity index (χ4n) is 3.38. The molecule has 3 heterocycles. The molecule has 4 rings (SSSR count). The molecule has 1 unspecified atom stereocenters. The standard InChI is InChI=1S/C16H22N6OS/c1-10-8-24-15(17-10)16(19-11(2)23)5-6-22(9-16)7-13-18-14(21-20-13)12-3-4-12/h8,12H,3-7,9H2,1-2H3,(H,19,23)(H,18,20,21). The van der Waals surface area contributed by atoms with E-state index in [1.807, 2.05) is 12.3 Å². The summed E-state index contributed by atoms with van der Waals surface area (Å²) in [6.45, 7) is 5.94. The summed E-state index contributed by atoms with van der Waals surface area (Å²) in [5, 5.41) is 13.6. The van der Waals surface area contributed by atoms with E-state index < -0.39 is 0 Å². The zero-order valence-electron chi connectivity index (χ0n) is 14.0. The van der Waals surface area contributed by atoms with Crippen molar-refractivity contribution in [1.29, 1.82) is 0 Å². The van der Waals surface area contributed by atoms with Crippen molar-refractivity contribution in [3.63, 3.8) is 0 Å². The number of thiazole rings is 1. The van der Waals surface area contributed by atoms with Gasteiger partial charge >= 0.3 is 0 Å². The molecule has 24 heavy (non-hydrogen) atoms. The van der Waals surface area contributed by atoms with Crippen LogP contribution in [0.4, 0.5) is 0 Å². The van der Waals surface area contributed by atoms with Crippen LogP contribution in [0, 0.1) is 6.92 Å². The van der Waals surface area contributed by atoms with Crippen molar-refractivity contribution in [3.8, 4) is 0 Å². The highest BCUT2D eigenvalue weighted by atomic mass is 32.1. The van der Waals surface area contributed by atoms with Crippen LogP contribution in [0.1, 0.15) is 54.5 Å². The van der Waals surface area contributed by atoms with Crippen LogP contribution in [0.25, 0.3) is 0 Å². The number of carbonyl (C=O) groups excluding carboxylic acids is 1. The Bertz CT molecular complexity index is 751. The van der Waals surface area contributed by atoms with E-state index in [4.69, 9.17) is 0 Å².